The fraction of sp³-hybridized carbons (Fsp3) is 0.0800. The third kappa shape index (κ3) is 3.73. The van der Waals surface area contributed by atoms with Gasteiger partial charge in [0.25, 0.3) is 11.8 Å². The van der Waals surface area contributed by atoms with Crippen LogP contribution in [0.4, 0.5) is 5.13 Å². The molecule has 0 aliphatic carbocycles. The van der Waals surface area contributed by atoms with Gasteiger partial charge < -0.3 is 4.90 Å². The maximum absolute atomic E-state index is 13.4. The van der Waals surface area contributed by atoms with Crippen molar-refractivity contribution in [2.75, 3.05) is 5.32 Å². The van der Waals surface area contributed by atoms with Crippen LogP contribution in [0, 0.1) is 0 Å². The van der Waals surface area contributed by atoms with Gasteiger partial charge in [-0.15, -0.1) is 11.3 Å². The fourth-order valence-electron chi connectivity index (χ4n) is 3.91. The van der Waals surface area contributed by atoms with E-state index in [1.54, 1.807) is 16.5 Å². The summed E-state index contributed by atoms with van der Waals surface area (Å²) < 4.78 is 0. The molecule has 5 nitrogen and oxygen atoms in total. The molecular formula is C25H19N3O2S. The van der Waals surface area contributed by atoms with Gasteiger partial charge in [0.2, 0.25) is 0 Å². The van der Waals surface area contributed by atoms with E-state index in [0.717, 1.165) is 22.3 Å². The smallest absolute Gasteiger partial charge is 0.255 e. The molecule has 0 fully saturated rings. The normalized spacial score (nSPS) is 13.7. The molecule has 1 atom stereocenters. The Morgan fingerprint density at radius 2 is 1.71 bits per heavy atom. The van der Waals surface area contributed by atoms with Gasteiger partial charge in [-0.05, 0) is 28.3 Å². The van der Waals surface area contributed by atoms with Gasteiger partial charge in [0.15, 0.2) is 5.13 Å². The second-order valence-electron chi connectivity index (χ2n) is 7.31. The highest BCUT2D eigenvalue weighted by molar-refractivity contribution is 7.13. The van der Waals surface area contributed by atoms with E-state index in [-0.39, 0.29) is 11.8 Å². The first-order valence-electron chi connectivity index (χ1n) is 9.95. The average Bonchev–Trinajstić information content (AvgIpc) is 3.43. The monoisotopic (exact) mass is 425 g/mol. The number of aromatic nitrogens is 1. The number of hydrogen-bond donors (Lipinski definition) is 1. The van der Waals surface area contributed by atoms with E-state index in [1.165, 1.54) is 11.3 Å². The molecule has 1 aliphatic rings. The number of amides is 2. The first-order chi connectivity index (χ1) is 15.2. The molecule has 0 spiro atoms. The largest absolute Gasteiger partial charge is 0.318 e. The summed E-state index contributed by atoms with van der Waals surface area (Å²) in [7, 11) is 0. The van der Waals surface area contributed by atoms with Gasteiger partial charge in [-0.1, -0.05) is 72.8 Å². The molecule has 3 aromatic carbocycles. The molecule has 31 heavy (non-hydrogen) atoms. The number of benzene rings is 3. The number of hydrogen-bond acceptors (Lipinski definition) is 4. The Bertz CT molecular complexity index is 1220. The number of nitrogens with one attached hydrogen (secondary N) is 1. The van der Waals surface area contributed by atoms with Crippen LogP contribution in [0.15, 0.2) is 90.4 Å². The molecule has 1 N–H and O–H groups in total. The third-order valence-corrected chi connectivity index (χ3v) is 6.08. The molecule has 6 heteroatoms. The van der Waals surface area contributed by atoms with Crippen molar-refractivity contribution in [1.29, 1.82) is 0 Å². The van der Waals surface area contributed by atoms with Gasteiger partial charge in [-0.25, -0.2) is 4.98 Å². The Kier molecular flexibility index (Phi) is 5.06. The molecule has 0 saturated carbocycles. The minimum atomic E-state index is -0.745. The van der Waals surface area contributed by atoms with Crippen LogP contribution in [0.5, 0.6) is 0 Å². The minimum Gasteiger partial charge on any atom is -0.318 e. The van der Waals surface area contributed by atoms with Crippen LogP contribution in [0.1, 0.15) is 27.5 Å². The Labute approximate surface area is 184 Å². The van der Waals surface area contributed by atoms with Crippen LogP contribution in [-0.2, 0) is 11.3 Å². The highest BCUT2D eigenvalue weighted by Gasteiger charge is 2.37. The van der Waals surface area contributed by atoms with Crippen LogP contribution in [0.3, 0.4) is 0 Å². The van der Waals surface area contributed by atoms with Crippen molar-refractivity contribution in [1.82, 2.24) is 9.88 Å². The topological polar surface area (TPSA) is 62.3 Å². The van der Waals surface area contributed by atoms with E-state index in [4.69, 9.17) is 0 Å². The van der Waals surface area contributed by atoms with Gasteiger partial charge in [0, 0.05) is 23.7 Å². The second-order valence-corrected chi connectivity index (χ2v) is 8.21. The maximum atomic E-state index is 13.4. The Morgan fingerprint density at radius 3 is 2.42 bits per heavy atom. The van der Waals surface area contributed by atoms with Crippen LogP contribution >= 0.6 is 11.3 Å². The summed E-state index contributed by atoms with van der Waals surface area (Å²) in [4.78, 5) is 32.5. The third-order valence-electron chi connectivity index (χ3n) is 5.39. The molecule has 1 aliphatic heterocycles. The van der Waals surface area contributed by atoms with E-state index < -0.39 is 6.04 Å². The highest BCUT2D eigenvalue weighted by Crippen LogP contribution is 2.34. The predicted molar refractivity (Wildman–Crippen MR) is 122 cm³/mol. The van der Waals surface area contributed by atoms with Crippen molar-refractivity contribution in [3.63, 3.8) is 0 Å². The molecule has 0 saturated heterocycles. The van der Waals surface area contributed by atoms with Gasteiger partial charge in [-0.3, -0.25) is 14.9 Å². The lowest BCUT2D eigenvalue weighted by Crippen LogP contribution is -2.37. The predicted octanol–water partition coefficient (Wildman–Crippen LogP) is 5.15. The molecule has 1 aromatic heterocycles. The van der Waals surface area contributed by atoms with Crippen molar-refractivity contribution >= 4 is 28.3 Å². The van der Waals surface area contributed by atoms with Crippen LogP contribution < -0.4 is 5.32 Å². The number of rotatable bonds is 5. The van der Waals surface area contributed by atoms with E-state index in [9.17, 15) is 9.59 Å². The number of anilines is 1. The number of carbonyl (C=O) groups is 2. The summed E-state index contributed by atoms with van der Waals surface area (Å²) in [6, 6.07) is 24.5. The lowest BCUT2D eigenvalue weighted by Gasteiger charge is -2.27. The zero-order valence-corrected chi connectivity index (χ0v) is 17.4. The SMILES string of the molecule is O=C(Nc1nccs1)[C@@H](c1ccccc1)N1Cc2ccc(-c3ccccc3)cc2C1=O. The summed E-state index contributed by atoms with van der Waals surface area (Å²) in [5, 5.41) is 5.17. The molecule has 4 aromatic rings. The first kappa shape index (κ1) is 19.2. The lowest BCUT2D eigenvalue weighted by molar-refractivity contribution is -0.120. The molecular weight excluding hydrogens is 406 g/mol. The fourth-order valence-corrected chi connectivity index (χ4v) is 4.44. The maximum Gasteiger partial charge on any atom is 0.255 e. The van der Waals surface area contributed by atoms with E-state index in [2.05, 4.69) is 10.3 Å². The van der Waals surface area contributed by atoms with Gasteiger partial charge in [0.05, 0.1) is 0 Å². The number of nitrogens with zero attached hydrogens (tertiary/aromatic N) is 2. The lowest BCUT2D eigenvalue weighted by atomic mass is 10.0. The van der Waals surface area contributed by atoms with E-state index in [0.29, 0.717) is 17.2 Å². The van der Waals surface area contributed by atoms with Gasteiger partial charge in [0.1, 0.15) is 6.04 Å². The Hall–Kier alpha value is -3.77. The van der Waals surface area contributed by atoms with Crippen molar-refractivity contribution in [3.05, 3.63) is 107 Å². The molecule has 0 bridgehead atoms. The highest BCUT2D eigenvalue weighted by atomic mass is 32.1. The number of fused-ring (bicyclic) bond motifs is 1. The van der Waals surface area contributed by atoms with E-state index in [1.807, 2.05) is 78.9 Å². The van der Waals surface area contributed by atoms with Crippen LogP contribution in [0.2, 0.25) is 0 Å². The van der Waals surface area contributed by atoms with E-state index >= 15 is 0 Å². The summed E-state index contributed by atoms with van der Waals surface area (Å²) >= 11 is 1.35. The minimum absolute atomic E-state index is 0.143. The number of thiazole rings is 1. The number of carbonyl (C=O) groups excluding carboxylic acids is 2. The molecule has 0 unspecified atom stereocenters. The molecule has 2 amide bonds. The Morgan fingerprint density at radius 1 is 0.968 bits per heavy atom. The van der Waals surface area contributed by atoms with Crippen LogP contribution in [0.25, 0.3) is 11.1 Å². The summed E-state index contributed by atoms with van der Waals surface area (Å²) in [6.07, 6.45) is 1.64. The summed E-state index contributed by atoms with van der Waals surface area (Å²) in [5.41, 5.74) is 4.37. The van der Waals surface area contributed by atoms with Gasteiger partial charge >= 0.3 is 0 Å². The van der Waals surface area contributed by atoms with Crippen molar-refractivity contribution < 1.29 is 9.59 Å². The second kappa shape index (κ2) is 8.16. The Balaban J connectivity index is 1.49. The zero-order valence-electron chi connectivity index (χ0n) is 16.6. The van der Waals surface area contributed by atoms with Crippen molar-refractivity contribution in [2.24, 2.45) is 0 Å². The first-order valence-corrected chi connectivity index (χ1v) is 10.8. The van der Waals surface area contributed by atoms with Crippen molar-refractivity contribution in [3.8, 4) is 11.1 Å². The standard InChI is InChI=1S/C25H19N3O2S/c29-23(27-25-26-13-14-31-25)22(18-9-5-2-6-10-18)28-16-20-12-11-19(15-21(20)24(28)30)17-7-3-1-4-8-17/h1-15,22H,16H2,(H,26,27,29)/t22-/m1/s1. The zero-order chi connectivity index (χ0) is 21.2. The summed E-state index contributed by atoms with van der Waals surface area (Å²) in [5.74, 6) is -0.415. The van der Waals surface area contributed by atoms with Crippen LogP contribution in [-0.4, -0.2) is 21.7 Å². The molecule has 0 radical (unpaired) electrons. The summed E-state index contributed by atoms with van der Waals surface area (Å²) in [6.45, 7) is 0.383. The van der Waals surface area contributed by atoms with Crippen molar-refractivity contribution in [2.45, 2.75) is 12.6 Å². The van der Waals surface area contributed by atoms with Gasteiger partial charge in [-0.2, -0.15) is 0 Å². The molecule has 2 heterocycles. The quantitative estimate of drug-likeness (QED) is 0.481. The molecule has 5 rings (SSSR count). The molecule has 152 valence electrons. The average molecular weight is 426 g/mol.